The summed E-state index contributed by atoms with van der Waals surface area (Å²) in [5.41, 5.74) is 1.27. The van der Waals surface area contributed by atoms with Crippen molar-refractivity contribution in [2.75, 3.05) is 0 Å². The number of H-pyrrole nitrogens is 1. The van der Waals surface area contributed by atoms with Crippen molar-refractivity contribution in [2.45, 2.75) is 0 Å². The summed E-state index contributed by atoms with van der Waals surface area (Å²) in [6.07, 6.45) is 1.50. The van der Waals surface area contributed by atoms with E-state index in [2.05, 4.69) is 36.1 Å². The maximum absolute atomic E-state index is 8.50. The Bertz CT molecular complexity index is 468. The summed E-state index contributed by atoms with van der Waals surface area (Å²) in [7, 11) is 0. The Kier molecular flexibility index (Phi) is 1.52. The van der Waals surface area contributed by atoms with Crippen LogP contribution in [-0.2, 0) is 0 Å². The van der Waals surface area contributed by atoms with Gasteiger partial charge in [0.25, 0.3) is 0 Å². The molecule has 2 heterocycles. The smallest absolute Gasteiger partial charge is 0.232 e. The van der Waals surface area contributed by atoms with Crippen molar-refractivity contribution in [1.29, 1.82) is 5.26 Å². The fourth-order valence-electron chi connectivity index (χ4n) is 0.835. The molecule has 12 heavy (non-hydrogen) atoms. The van der Waals surface area contributed by atoms with Gasteiger partial charge in [-0.3, -0.25) is 5.10 Å². The zero-order chi connectivity index (χ0) is 8.55. The molecule has 58 valence electrons. The minimum Gasteiger partial charge on any atom is -0.268 e. The van der Waals surface area contributed by atoms with Crippen LogP contribution in [0.15, 0.2) is 10.8 Å². The minimum atomic E-state index is 0.143. The number of nitriles is 1. The van der Waals surface area contributed by atoms with Crippen LogP contribution in [0.3, 0.4) is 0 Å². The minimum absolute atomic E-state index is 0.143. The molecule has 0 amide bonds. The van der Waals surface area contributed by atoms with E-state index in [1.165, 1.54) is 6.20 Å². The average molecular weight is 224 g/mol. The molecule has 0 aliphatic carbocycles. The summed E-state index contributed by atoms with van der Waals surface area (Å²) in [6, 6.07) is 1.85. The van der Waals surface area contributed by atoms with Crippen molar-refractivity contribution in [3.05, 3.63) is 16.6 Å². The van der Waals surface area contributed by atoms with Gasteiger partial charge in [0.1, 0.15) is 21.7 Å². The first-order valence-corrected chi connectivity index (χ1v) is 3.87. The van der Waals surface area contributed by atoms with E-state index in [1.807, 2.05) is 6.07 Å². The highest BCUT2D eigenvalue weighted by Crippen LogP contribution is 2.16. The molecule has 0 aliphatic rings. The summed E-state index contributed by atoms with van der Waals surface area (Å²) in [6.45, 7) is 0. The van der Waals surface area contributed by atoms with E-state index in [1.54, 1.807) is 0 Å². The number of rotatable bonds is 0. The van der Waals surface area contributed by atoms with Crippen LogP contribution in [0, 0.1) is 11.3 Å². The maximum Gasteiger partial charge on any atom is 0.232 e. The van der Waals surface area contributed by atoms with Gasteiger partial charge in [0.15, 0.2) is 0 Å². The third-order valence-corrected chi connectivity index (χ3v) is 1.90. The maximum atomic E-state index is 8.50. The van der Waals surface area contributed by atoms with E-state index in [4.69, 9.17) is 5.26 Å². The van der Waals surface area contributed by atoms with E-state index in [9.17, 15) is 0 Å². The van der Waals surface area contributed by atoms with E-state index in [0.29, 0.717) is 15.6 Å². The third kappa shape index (κ3) is 0.950. The van der Waals surface area contributed by atoms with E-state index >= 15 is 0 Å². The summed E-state index contributed by atoms with van der Waals surface area (Å²) >= 11 is 3.21. The van der Waals surface area contributed by atoms with Crippen LogP contribution in [0.4, 0.5) is 0 Å². The molecule has 0 atom stereocenters. The Morgan fingerprint density at radius 1 is 1.58 bits per heavy atom. The molecule has 0 aromatic carbocycles. The Hall–Kier alpha value is -1.48. The third-order valence-electron chi connectivity index (χ3n) is 1.35. The second-order valence-corrected chi connectivity index (χ2v) is 2.87. The standard InChI is InChI=1S/C6H2BrN5/c7-6-5-3(11-12-6)2-9-4(1-8)10-5/h2H,(H,11,12). The Morgan fingerprint density at radius 3 is 3.17 bits per heavy atom. The van der Waals surface area contributed by atoms with Crippen molar-refractivity contribution in [3.8, 4) is 6.07 Å². The first-order chi connectivity index (χ1) is 5.81. The predicted molar refractivity (Wildman–Crippen MR) is 44.1 cm³/mol. The lowest BCUT2D eigenvalue weighted by Gasteiger charge is -1.86. The summed E-state index contributed by atoms with van der Waals surface area (Å²) in [5, 5.41) is 15.1. The van der Waals surface area contributed by atoms with Crippen LogP contribution < -0.4 is 0 Å². The van der Waals surface area contributed by atoms with Crippen molar-refractivity contribution in [3.63, 3.8) is 0 Å². The van der Waals surface area contributed by atoms with Gasteiger partial charge in [0.05, 0.1) is 6.20 Å². The Morgan fingerprint density at radius 2 is 2.42 bits per heavy atom. The van der Waals surface area contributed by atoms with Gasteiger partial charge < -0.3 is 0 Å². The second-order valence-electron chi connectivity index (χ2n) is 2.08. The van der Waals surface area contributed by atoms with Crippen LogP contribution >= 0.6 is 15.9 Å². The normalized spacial score (nSPS) is 10.0. The Labute approximate surface area is 75.6 Å². The molecule has 0 saturated heterocycles. The number of hydrogen-bond acceptors (Lipinski definition) is 4. The molecule has 2 rings (SSSR count). The van der Waals surface area contributed by atoms with Crippen LogP contribution in [0.2, 0.25) is 0 Å². The summed E-state index contributed by atoms with van der Waals surface area (Å²) < 4.78 is 0.663. The van der Waals surface area contributed by atoms with Gasteiger partial charge in [0, 0.05) is 0 Å². The van der Waals surface area contributed by atoms with Gasteiger partial charge in [-0.05, 0) is 15.9 Å². The molecule has 5 nitrogen and oxygen atoms in total. The number of nitrogens with zero attached hydrogens (tertiary/aromatic N) is 4. The monoisotopic (exact) mass is 223 g/mol. The highest BCUT2D eigenvalue weighted by atomic mass is 79.9. The number of aromatic nitrogens is 4. The number of fused-ring (bicyclic) bond motifs is 1. The lowest BCUT2D eigenvalue weighted by atomic mass is 10.4. The second kappa shape index (κ2) is 2.53. The molecule has 2 aromatic rings. The molecule has 2 aromatic heterocycles. The Balaban J connectivity index is 2.82. The molecule has 0 unspecified atom stereocenters. The highest BCUT2D eigenvalue weighted by molar-refractivity contribution is 9.10. The molecule has 0 bridgehead atoms. The van der Waals surface area contributed by atoms with Crippen molar-refractivity contribution in [2.24, 2.45) is 0 Å². The molecule has 0 radical (unpaired) electrons. The molecule has 1 N–H and O–H groups in total. The van der Waals surface area contributed by atoms with Crippen LogP contribution in [-0.4, -0.2) is 20.2 Å². The fourth-order valence-corrected chi connectivity index (χ4v) is 1.22. The summed E-state index contributed by atoms with van der Waals surface area (Å²) in [5.74, 6) is 0.143. The van der Waals surface area contributed by atoms with Gasteiger partial charge in [0.2, 0.25) is 5.82 Å². The van der Waals surface area contributed by atoms with Gasteiger partial charge in [-0.25, -0.2) is 9.97 Å². The first kappa shape index (κ1) is 7.18. The molecule has 0 aliphatic heterocycles. The van der Waals surface area contributed by atoms with Gasteiger partial charge >= 0.3 is 0 Å². The SMILES string of the molecule is N#Cc1ncc2n[nH]c(Br)c2n1. The van der Waals surface area contributed by atoms with Crippen LogP contribution in [0.25, 0.3) is 11.0 Å². The zero-order valence-corrected chi connectivity index (χ0v) is 7.33. The topological polar surface area (TPSA) is 78.2 Å². The quantitative estimate of drug-likeness (QED) is 0.723. The number of hydrogen-bond donors (Lipinski definition) is 1. The predicted octanol–water partition coefficient (Wildman–Crippen LogP) is 0.987. The van der Waals surface area contributed by atoms with E-state index in [-0.39, 0.29) is 5.82 Å². The molecule has 0 saturated carbocycles. The molecule has 6 heteroatoms. The first-order valence-electron chi connectivity index (χ1n) is 3.08. The van der Waals surface area contributed by atoms with Crippen molar-refractivity contribution < 1.29 is 0 Å². The van der Waals surface area contributed by atoms with Crippen molar-refractivity contribution in [1.82, 2.24) is 20.2 Å². The molecular weight excluding hydrogens is 222 g/mol. The fraction of sp³-hybridized carbons (Fsp3) is 0. The molecule has 0 spiro atoms. The average Bonchev–Trinajstić information content (AvgIpc) is 2.47. The lowest BCUT2D eigenvalue weighted by Crippen LogP contribution is -1.87. The highest BCUT2D eigenvalue weighted by Gasteiger charge is 2.05. The zero-order valence-electron chi connectivity index (χ0n) is 5.74. The lowest BCUT2D eigenvalue weighted by molar-refractivity contribution is 1.09. The summed E-state index contributed by atoms with van der Waals surface area (Å²) in [4.78, 5) is 7.70. The van der Waals surface area contributed by atoms with E-state index < -0.39 is 0 Å². The number of nitrogens with one attached hydrogen (secondary N) is 1. The van der Waals surface area contributed by atoms with Crippen LogP contribution in [0.1, 0.15) is 5.82 Å². The molecular formula is C6H2BrN5. The number of aromatic amines is 1. The number of halogens is 1. The molecule has 0 fully saturated rings. The van der Waals surface area contributed by atoms with Gasteiger partial charge in [-0.15, -0.1) is 0 Å². The largest absolute Gasteiger partial charge is 0.268 e. The van der Waals surface area contributed by atoms with Crippen LogP contribution in [0.5, 0.6) is 0 Å². The van der Waals surface area contributed by atoms with Gasteiger partial charge in [-0.2, -0.15) is 10.4 Å². The van der Waals surface area contributed by atoms with Gasteiger partial charge in [-0.1, -0.05) is 0 Å². The van der Waals surface area contributed by atoms with Crippen molar-refractivity contribution >= 4 is 27.0 Å². The van der Waals surface area contributed by atoms with E-state index in [0.717, 1.165) is 0 Å².